The van der Waals surface area contributed by atoms with Gasteiger partial charge in [0.05, 0.1) is 44.1 Å². The molecule has 0 saturated carbocycles. The molecule has 4 aromatic rings. The predicted octanol–water partition coefficient (Wildman–Crippen LogP) is 3.47. The standard InChI is InChI=1S/C34H37N5O8/c1-16(2)29(32(42)36-19-8-11-23-25(14-19)39-34(44)33(43)38-23)37-24-12-9-20-21(15-26(24)41)22(35-17(3)40)10-7-18-13-27(45-4)30(46-5)31(47-6)28(18)20/h8-9,11-16,22,29H,7,10H2,1-6H3,(H,35,40)(H,36,42)(H,37,41)(H,38,43)(H,39,44)/t22-,29-/m1/s1. The first kappa shape index (κ1) is 32.8. The summed E-state index contributed by atoms with van der Waals surface area (Å²) in [6.07, 6.45) is 1.06. The lowest BCUT2D eigenvalue weighted by atomic mass is 9.95. The van der Waals surface area contributed by atoms with Gasteiger partial charge in [-0.1, -0.05) is 19.9 Å². The Kier molecular flexibility index (Phi) is 9.36. The maximum atomic E-state index is 13.8. The zero-order valence-electron chi connectivity index (χ0n) is 27.0. The fraction of sp³-hybridized carbons (Fsp3) is 0.324. The smallest absolute Gasteiger partial charge is 0.314 e. The van der Waals surface area contributed by atoms with Crippen molar-refractivity contribution < 1.29 is 23.8 Å². The lowest BCUT2D eigenvalue weighted by Crippen LogP contribution is -2.40. The van der Waals surface area contributed by atoms with Crippen molar-refractivity contribution in [1.29, 1.82) is 0 Å². The lowest BCUT2D eigenvalue weighted by molar-refractivity contribution is -0.120. The van der Waals surface area contributed by atoms with Gasteiger partial charge in [0.2, 0.25) is 23.0 Å². The highest BCUT2D eigenvalue weighted by Crippen LogP contribution is 2.50. The number of hydrogen-bond acceptors (Lipinski definition) is 9. The highest BCUT2D eigenvalue weighted by molar-refractivity contribution is 5.98. The van der Waals surface area contributed by atoms with E-state index < -0.39 is 29.1 Å². The van der Waals surface area contributed by atoms with Gasteiger partial charge in [0.1, 0.15) is 6.04 Å². The molecular weight excluding hydrogens is 606 g/mol. The first-order valence-corrected chi connectivity index (χ1v) is 15.1. The highest BCUT2D eigenvalue weighted by Gasteiger charge is 2.30. The van der Waals surface area contributed by atoms with Crippen LogP contribution in [0.4, 0.5) is 11.4 Å². The fourth-order valence-electron chi connectivity index (χ4n) is 5.94. The number of amides is 2. The maximum absolute atomic E-state index is 13.8. The summed E-state index contributed by atoms with van der Waals surface area (Å²) >= 11 is 0. The fourth-order valence-corrected chi connectivity index (χ4v) is 5.94. The van der Waals surface area contributed by atoms with E-state index in [0.29, 0.717) is 63.5 Å². The molecule has 0 radical (unpaired) electrons. The maximum Gasteiger partial charge on any atom is 0.314 e. The Labute approximate surface area is 269 Å². The molecule has 0 unspecified atom stereocenters. The van der Waals surface area contributed by atoms with Gasteiger partial charge in [0.25, 0.3) is 0 Å². The third-order valence-electron chi connectivity index (χ3n) is 8.17. The molecule has 1 aliphatic rings. The molecule has 246 valence electrons. The first-order chi connectivity index (χ1) is 22.4. The van der Waals surface area contributed by atoms with E-state index in [1.54, 1.807) is 31.4 Å². The second kappa shape index (κ2) is 13.4. The number of methoxy groups -OCH3 is 3. The summed E-state index contributed by atoms with van der Waals surface area (Å²) < 4.78 is 17.1. The number of ether oxygens (including phenoxy) is 3. The Morgan fingerprint density at radius 1 is 0.872 bits per heavy atom. The van der Waals surface area contributed by atoms with E-state index in [0.717, 1.165) is 5.56 Å². The van der Waals surface area contributed by atoms with Crippen LogP contribution in [-0.2, 0) is 16.0 Å². The zero-order chi connectivity index (χ0) is 34.0. The van der Waals surface area contributed by atoms with Crippen LogP contribution >= 0.6 is 0 Å². The van der Waals surface area contributed by atoms with Crippen LogP contribution in [0, 0.1) is 5.92 Å². The molecule has 5 rings (SSSR count). The Hall–Kier alpha value is -5.59. The third kappa shape index (κ3) is 6.55. The van der Waals surface area contributed by atoms with Crippen LogP contribution in [0.2, 0.25) is 0 Å². The molecule has 13 nitrogen and oxygen atoms in total. The summed E-state index contributed by atoms with van der Waals surface area (Å²) in [5, 5.41) is 8.95. The average molecular weight is 644 g/mol. The molecule has 1 heterocycles. The average Bonchev–Trinajstić information content (AvgIpc) is 3.27. The molecule has 0 spiro atoms. The summed E-state index contributed by atoms with van der Waals surface area (Å²) in [6.45, 7) is 5.11. The predicted molar refractivity (Wildman–Crippen MR) is 179 cm³/mol. The minimum Gasteiger partial charge on any atom is -0.493 e. The molecule has 3 aromatic carbocycles. The number of aromatic nitrogens is 2. The molecule has 47 heavy (non-hydrogen) atoms. The normalized spacial score (nSPS) is 14.3. The number of rotatable bonds is 9. The first-order valence-electron chi connectivity index (χ1n) is 15.1. The summed E-state index contributed by atoms with van der Waals surface area (Å²) in [7, 11) is 4.59. The number of aromatic amines is 2. The van der Waals surface area contributed by atoms with Crippen molar-refractivity contribution >= 4 is 34.2 Å². The number of hydrogen-bond donors (Lipinski definition) is 5. The SMILES string of the molecule is COc1cc2c(c(OC)c1OC)-c1ccc(N[C@@H](C(=O)Nc3ccc4[nH]c(=O)c(=O)[nH]c4c3)C(C)C)c(=O)cc1[C@H](NC(C)=O)CC2. The van der Waals surface area contributed by atoms with Crippen LogP contribution in [0.5, 0.6) is 17.2 Å². The van der Waals surface area contributed by atoms with E-state index in [1.807, 2.05) is 19.9 Å². The quantitative estimate of drug-likeness (QED) is 0.171. The van der Waals surface area contributed by atoms with Crippen LogP contribution in [0.3, 0.4) is 0 Å². The third-order valence-corrected chi connectivity index (χ3v) is 8.17. The van der Waals surface area contributed by atoms with Crippen LogP contribution in [0.15, 0.2) is 56.8 Å². The Balaban J connectivity index is 1.57. The number of carbonyl (C=O) groups is 2. The number of carbonyl (C=O) groups excluding carboxylic acids is 2. The van der Waals surface area contributed by atoms with Gasteiger partial charge in [0, 0.05) is 18.2 Å². The lowest BCUT2D eigenvalue weighted by Gasteiger charge is -2.22. The minimum atomic E-state index is -0.840. The second-order valence-corrected chi connectivity index (χ2v) is 11.6. The number of H-pyrrole nitrogens is 2. The van der Waals surface area contributed by atoms with Gasteiger partial charge in [-0.15, -0.1) is 0 Å². The molecular formula is C34H37N5O8. The molecule has 0 aliphatic heterocycles. The van der Waals surface area contributed by atoms with Gasteiger partial charge in [-0.2, -0.15) is 0 Å². The number of aryl methyl sites for hydroxylation is 1. The molecule has 1 aliphatic carbocycles. The van der Waals surface area contributed by atoms with Crippen LogP contribution < -0.4 is 46.7 Å². The summed E-state index contributed by atoms with van der Waals surface area (Å²) in [6, 6.07) is 10.1. The van der Waals surface area contributed by atoms with Crippen LogP contribution in [-0.4, -0.2) is 49.2 Å². The van der Waals surface area contributed by atoms with Gasteiger partial charge in [-0.25, -0.2) is 0 Å². The molecule has 0 saturated heterocycles. The van der Waals surface area contributed by atoms with Crippen molar-refractivity contribution in [2.75, 3.05) is 32.0 Å². The molecule has 0 bridgehead atoms. The molecule has 1 aromatic heterocycles. The zero-order valence-corrected chi connectivity index (χ0v) is 27.0. The van der Waals surface area contributed by atoms with Crippen molar-refractivity contribution in [3.63, 3.8) is 0 Å². The van der Waals surface area contributed by atoms with Gasteiger partial charge in [0.15, 0.2) is 11.5 Å². The van der Waals surface area contributed by atoms with Crippen LogP contribution in [0.25, 0.3) is 22.2 Å². The molecule has 13 heteroatoms. The summed E-state index contributed by atoms with van der Waals surface area (Å²) in [5.74, 6) is 0.404. The van der Waals surface area contributed by atoms with E-state index in [-0.39, 0.29) is 22.9 Å². The van der Waals surface area contributed by atoms with Crippen molar-refractivity contribution in [1.82, 2.24) is 15.3 Å². The van der Waals surface area contributed by atoms with Crippen molar-refractivity contribution in [2.24, 2.45) is 5.92 Å². The number of anilines is 2. The van der Waals surface area contributed by atoms with Crippen molar-refractivity contribution in [2.45, 2.75) is 45.7 Å². The number of fused-ring (bicyclic) bond motifs is 4. The monoisotopic (exact) mass is 643 g/mol. The summed E-state index contributed by atoms with van der Waals surface area (Å²) in [5.41, 5.74) is 2.21. The number of benzene rings is 2. The Morgan fingerprint density at radius 2 is 1.57 bits per heavy atom. The molecule has 2 atom stereocenters. The molecule has 2 amide bonds. The number of nitrogens with one attached hydrogen (secondary N) is 5. The topological polar surface area (TPSA) is 181 Å². The van der Waals surface area contributed by atoms with E-state index in [2.05, 4.69) is 25.9 Å². The van der Waals surface area contributed by atoms with Gasteiger partial charge in [-0.05, 0) is 71.8 Å². The van der Waals surface area contributed by atoms with Gasteiger partial charge >= 0.3 is 11.1 Å². The van der Waals surface area contributed by atoms with Gasteiger partial charge < -0.3 is 40.1 Å². The van der Waals surface area contributed by atoms with Gasteiger partial charge in [-0.3, -0.25) is 24.0 Å². The van der Waals surface area contributed by atoms with E-state index in [1.165, 1.54) is 33.3 Å². The van der Waals surface area contributed by atoms with E-state index in [4.69, 9.17) is 14.2 Å². The largest absolute Gasteiger partial charge is 0.493 e. The highest BCUT2D eigenvalue weighted by atomic mass is 16.5. The van der Waals surface area contributed by atoms with E-state index in [9.17, 15) is 24.0 Å². The summed E-state index contributed by atoms with van der Waals surface area (Å²) in [4.78, 5) is 68.1. The van der Waals surface area contributed by atoms with E-state index >= 15 is 0 Å². The Bertz CT molecular complexity index is 2050. The van der Waals surface area contributed by atoms with Crippen molar-refractivity contribution in [3.8, 4) is 28.4 Å². The molecule has 5 N–H and O–H groups in total. The Morgan fingerprint density at radius 3 is 2.21 bits per heavy atom. The second-order valence-electron chi connectivity index (χ2n) is 11.6. The van der Waals surface area contributed by atoms with Crippen LogP contribution in [0.1, 0.15) is 44.4 Å². The van der Waals surface area contributed by atoms with Crippen molar-refractivity contribution in [3.05, 3.63) is 84.5 Å². The molecule has 0 fully saturated rings. The minimum absolute atomic E-state index is 0.176.